The van der Waals surface area contributed by atoms with Crippen molar-refractivity contribution in [1.29, 1.82) is 0 Å². The highest BCUT2D eigenvalue weighted by molar-refractivity contribution is 7.71. The molecule has 1 aromatic carbocycles. The van der Waals surface area contributed by atoms with Gasteiger partial charge < -0.3 is 5.11 Å². The highest BCUT2D eigenvalue weighted by Crippen LogP contribution is 2.14. The Kier molecular flexibility index (Phi) is 4.32. The number of aryl methyl sites for hydroxylation is 3. The van der Waals surface area contributed by atoms with Gasteiger partial charge in [0.05, 0.1) is 12.1 Å². The molecule has 0 spiro atoms. The molecule has 1 heterocycles. The minimum absolute atomic E-state index is 0.0607. The van der Waals surface area contributed by atoms with E-state index in [1.54, 1.807) is 0 Å². The number of carbonyl (C=O) groups is 1. The Morgan fingerprint density at radius 2 is 2.14 bits per heavy atom. The zero-order valence-corrected chi connectivity index (χ0v) is 12.5. The van der Waals surface area contributed by atoms with E-state index in [0.29, 0.717) is 5.69 Å². The summed E-state index contributed by atoms with van der Waals surface area (Å²) in [5.74, 6) is -0.975. The van der Waals surface area contributed by atoms with Crippen LogP contribution in [0.1, 0.15) is 23.2 Å². The van der Waals surface area contributed by atoms with Gasteiger partial charge in [-0.15, -0.1) is 0 Å². The molecule has 0 atom stereocenters. The van der Waals surface area contributed by atoms with Gasteiger partial charge >= 0.3 is 5.97 Å². The fourth-order valence-corrected chi connectivity index (χ4v) is 2.23. The van der Waals surface area contributed by atoms with E-state index in [9.17, 15) is 9.59 Å². The second kappa shape index (κ2) is 6.01. The average Bonchev–Trinajstić information content (AvgIpc) is 2.41. The molecule has 1 aromatic heterocycles. The first-order chi connectivity index (χ1) is 9.90. The van der Waals surface area contributed by atoms with Crippen molar-refractivity contribution in [3.63, 3.8) is 0 Å². The lowest BCUT2D eigenvalue weighted by molar-refractivity contribution is -0.136. The first-order valence-corrected chi connectivity index (χ1v) is 6.81. The Balaban J connectivity index is 2.61. The standard InChI is InChI=1S/C14H15N3O3S/c1-8-3-4-9(2)11(7-8)17-13(20)10(5-6-12(18)19)15-16-14(17)21/h3-4,7H,5-6H2,1-2H3,(H,16,21)(H,18,19). The number of rotatable bonds is 4. The smallest absolute Gasteiger partial charge is 0.303 e. The molecular formula is C14H15N3O3S. The predicted octanol–water partition coefficient (Wildman–Crippen LogP) is 1.92. The number of hydrogen-bond donors (Lipinski definition) is 2. The molecular weight excluding hydrogens is 290 g/mol. The molecule has 21 heavy (non-hydrogen) atoms. The molecule has 2 N–H and O–H groups in total. The van der Waals surface area contributed by atoms with E-state index < -0.39 is 5.97 Å². The number of carboxylic acids is 1. The van der Waals surface area contributed by atoms with E-state index in [4.69, 9.17) is 17.3 Å². The van der Waals surface area contributed by atoms with Crippen LogP contribution in [0.2, 0.25) is 0 Å². The lowest BCUT2D eigenvalue weighted by Gasteiger charge is -2.11. The summed E-state index contributed by atoms with van der Waals surface area (Å²) >= 11 is 5.15. The first kappa shape index (κ1) is 15.1. The Morgan fingerprint density at radius 1 is 1.43 bits per heavy atom. The molecule has 0 bridgehead atoms. The van der Waals surface area contributed by atoms with Crippen molar-refractivity contribution in [3.8, 4) is 5.69 Å². The van der Waals surface area contributed by atoms with Crippen LogP contribution in [0.3, 0.4) is 0 Å². The summed E-state index contributed by atoms with van der Waals surface area (Å²) in [5.41, 5.74) is 2.36. The van der Waals surface area contributed by atoms with E-state index in [-0.39, 0.29) is 28.9 Å². The Labute approximate surface area is 126 Å². The molecule has 7 heteroatoms. The Bertz CT molecular complexity index is 808. The number of aliphatic carboxylic acids is 1. The summed E-state index contributed by atoms with van der Waals surface area (Å²) in [7, 11) is 0. The summed E-state index contributed by atoms with van der Waals surface area (Å²) in [5, 5.41) is 15.2. The van der Waals surface area contributed by atoms with E-state index in [2.05, 4.69) is 10.2 Å². The van der Waals surface area contributed by atoms with Gasteiger partial charge in [-0.3, -0.25) is 19.3 Å². The maximum absolute atomic E-state index is 12.5. The van der Waals surface area contributed by atoms with Crippen LogP contribution in [-0.4, -0.2) is 25.8 Å². The Hall–Kier alpha value is -2.28. The van der Waals surface area contributed by atoms with Crippen molar-refractivity contribution in [2.45, 2.75) is 26.7 Å². The summed E-state index contributed by atoms with van der Waals surface area (Å²) in [6.07, 6.45) is -0.0925. The van der Waals surface area contributed by atoms with Gasteiger partial charge in [-0.2, -0.15) is 5.10 Å². The number of aromatic nitrogens is 3. The zero-order chi connectivity index (χ0) is 15.6. The van der Waals surface area contributed by atoms with Crippen molar-refractivity contribution in [3.05, 3.63) is 50.1 Å². The topological polar surface area (TPSA) is 88.0 Å². The number of H-pyrrole nitrogens is 1. The second-order valence-corrected chi connectivity index (χ2v) is 5.19. The second-order valence-electron chi connectivity index (χ2n) is 4.80. The van der Waals surface area contributed by atoms with Crippen molar-refractivity contribution < 1.29 is 9.90 Å². The van der Waals surface area contributed by atoms with Crippen LogP contribution in [0.25, 0.3) is 5.69 Å². The fraction of sp³-hybridized carbons (Fsp3) is 0.286. The van der Waals surface area contributed by atoms with Gasteiger partial charge in [-0.25, -0.2) is 0 Å². The predicted molar refractivity (Wildman–Crippen MR) is 80.4 cm³/mol. The van der Waals surface area contributed by atoms with E-state index in [1.165, 1.54) is 4.57 Å². The minimum atomic E-state index is -0.975. The molecule has 0 aliphatic heterocycles. The third-order valence-electron chi connectivity index (χ3n) is 3.12. The summed E-state index contributed by atoms with van der Waals surface area (Å²) < 4.78 is 1.55. The van der Waals surface area contributed by atoms with Crippen molar-refractivity contribution in [1.82, 2.24) is 14.8 Å². The highest BCUT2D eigenvalue weighted by atomic mass is 32.1. The SMILES string of the molecule is Cc1ccc(C)c(-n2c(=S)[nH]nc(CCC(=O)O)c2=O)c1. The number of aromatic amines is 1. The van der Waals surface area contributed by atoms with Gasteiger partial charge in [-0.05, 0) is 43.3 Å². The third-order valence-corrected chi connectivity index (χ3v) is 3.39. The summed E-state index contributed by atoms with van der Waals surface area (Å²) in [6.45, 7) is 3.81. The number of nitrogens with zero attached hydrogens (tertiary/aromatic N) is 2. The monoisotopic (exact) mass is 305 g/mol. The largest absolute Gasteiger partial charge is 0.481 e. The molecule has 0 saturated heterocycles. The van der Waals surface area contributed by atoms with E-state index in [0.717, 1.165) is 11.1 Å². The fourth-order valence-electron chi connectivity index (χ4n) is 2.00. The minimum Gasteiger partial charge on any atom is -0.481 e. The first-order valence-electron chi connectivity index (χ1n) is 6.40. The molecule has 0 radical (unpaired) electrons. The van der Waals surface area contributed by atoms with Gasteiger partial charge in [-0.1, -0.05) is 12.1 Å². The molecule has 0 fully saturated rings. The Morgan fingerprint density at radius 3 is 2.81 bits per heavy atom. The summed E-state index contributed by atoms with van der Waals surface area (Å²) in [4.78, 5) is 23.1. The van der Waals surface area contributed by atoms with Crippen molar-refractivity contribution in [2.75, 3.05) is 0 Å². The van der Waals surface area contributed by atoms with Crippen molar-refractivity contribution in [2.24, 2.45) is 0 Å². The lowest BCUT2D eigenvalue weighted by atomic mass is 10.1. The number of hydrogen-bond acceptors (Lipinski definition) is 4. The van der Waals surface area contributed by atoms with Gasteiger partial charge in [0, 0.05) is 6.42 Å². The molecule has 0 unspecified atom stereocenters. The summed E-state index contributed by atoms with van der Waals surface area (Å²) in [6, 6.07) is 5.72. The average molecular weight is 305 g/mol. The normalized spacial score (nSPS) is 10.6. The van der Waals surface area contributed by atoms with Crippen molar-refractivity contribution >= 4 is 18.2 Å². The zero-order valence-electron chi connectivity index (χ0n) is 11.7. The number of carboxylic acid groups (broad SMARTS) is 1. The molecule has 0 aliphatic carbocycles. The maximum atomic E-state index is 12.5. The van der Waals surface area contributed by atoms with Gasteiger partial charge in [0.15, 0.2) is 0 Å². The molecule has 2 aromatic rings. The maximum Gasteiger partial charge on any atom is 0.303 e. The lowest BCUT2D eigenvalue weighted by Crippen LogP contribution is -2.27. The number of benzene rings is 1. The highest BCUT2D eigenvalue weighted by Gasteiger charge is 2.12. The van der Waals surface area contributed by atoms with Crippen LogP contribution < -0.4 is 5.56 Å². The molecule has 110 valence electrons. The molecule has 0 saturated carbocycles. The molecule has 2 rings (SSSR count). The number of nitrogens with one attached hydrogen (secondary N) is 1. The van der Waals surface area contributed by atoms with Crippen LogP contribution in [0.4, 0.5) is 0 Å². The van der Waals surface area contributed by atoms with Gasteiger partial charge in [0.25, 0.3) is 5.56 Å². The van der Waals surface area contributed by atoms with Crippen LogP contribution in [-0.2, 0) is 11.2 Å². The molecule has 6 nitrogen and oxygen atoms in total. The van der Waals surface area contributed by atoms with Crippen LogP contribution in [0.5, 0.6) is 0 Å². The van der Waals surface area contributed by atoms with Gasteiger partial charge in [0.2, 0.25) is 4.77 Å². The van der Waals surface area contributed by atoms with Gasteiger partial charge in [0.1, 0.15) is 5.69 Å². The third kappa shape index (κ3) is 3.25. The quantitative estimate of drug-likeness (QED) is 0.843. The van der Waals surface area contributed by atoms with Crippen LogP contribution in [0, 0.1) is 18.6 Å². The molecule has 0 amide bonds. The van der Waals surface area contributed by atoms with E-state index >= 15 is 0 Å². The van der Waals surface area contributed by atoms with Crippen LogP contribution >= 0.6 is 12.2 Å². The van der Waals surface area contributed by atoms with Crippen LogP contribution in [0.15, 0.2) is 23.0 Å². The molecule has 0 aliphatic rings. The van der Waals surface area contributed by atoms with E-state index in [1.807, 2.05) is 32.0 Å².